The van der Waals surface area contributed by atoms with Gasteiger partial charge in [0.2, 0.25) is 0 Å². The molecule has 0 radical (unpaired) electrons. The van der Waals surface area contributed by atoms with Crippen molar-refractivity contribution in [3.05, 3.63) is 12.2 Å². The Bertz CT molecular complexity index is 255. The standard InChI is InChI=1S/C21H40O/c1-3-5-6-7-8-9-10-11-12-13-14-15-16-17-18-20-21(22)19-4-2/h11-12H,3-10,13-20H2,1-2H3. The molecule has 0 atom stereocenters. The Labute approximate surface area is 140 Å². The van der Waals surface area contributed by atoms with Gasteiger partial charge in [0.25, 0.3) is 0 Å². The summed E-state index contributed by atoms with van der Waals surface area (Å²) in [5, 5.41) is 0. The molecule has 0 heterocycles. The Morgan fingerprint density at radius 3 is 1.64 bits per heavy atom. The molecule has 0 spiro atoms. The number of Topliss-reactive ketones (excluding diaryl/α,β-unsaturated/α-hetero) is 1. The molecule has 0 amide bonds. The molecule has 0 aliphatic heterocycles. The van der Waals surface area contributed by atoms with Crippen LogP contribution in [0.5, 0.6) is 0 Å². The first-order valence-electron chi connectivity index (χ1n) is 9.98. The van der Waals surface area contributed by atoms with Crippen molar-refractivity contribution >= 4 is 5.78 Å². The second kappa shape index (κ2) is 18.5. The van der Waals surface area contributed by atoms with Gasteiger partial charge in [-0.25, -0.2) is 0 Å². The second-order valence-electron chi connectivity index (χ2n) is 6.62. The molecule has 0 rings (SSSR count). The predicted molar refractivity (Wildman–Crippen MR) is 99.4 cm³/mol. The van der Waals surface area contributed by atoms with E-state index < -0.39 is 0 Å². The minimum atomic E-state index is 0.458. The molecule has 0 saturated heterocycles. The van der Waals surface area contributed by atoms with Crippen LogP contribution in [0.25, 0.3) is 0 Å². The van der Waals surface area contributed by atoms with Gasteiger partial charge in [-0.2, -0.15) is 0 Å². The lowest BCUT2D eigenvalue weighted by Crippen LogP contribution is -1.96. The van der Waals surface area contributed by atoms with E-state index in [1.165, 1.54) is 77.0 Å². The fraction of sp³-hybridized carbons (Fsp3) is 0.857. The van der Waals surface area contributed by atoms with Gasteiger partial charge >= 0.3 is 0 Å². The molecule has 1 heteroatoms. The monoisotopic (exact) mass is 308 g/mol. The Hall–Kier alpha value is -0.590. The first-order valence-corrected chi connectivity index (χ1v) is 9.98. The Morgan fingerprint density at radius 2 is 1.09 bits per heavy atom. The molecule has 0 aromatic rings. The van der Waals surface area contributed by atoms with Gasteiger partial charge in [0.15, 0.2) is 0 Å². The van der Waals surface area contributed by atoms with E-state index in [4.69, 9.17) is 0 Å². The molecule has 130 valence electrons. The molecule has 0 unspecified atom stereocenters. The SMILES string of the molecule is CCCCCCCCC=CCCCCCCCC(=O)CCC. The van der Waals surface area contributed by atoms with Crippen LogP contribution < -0.4 is 0 Å². The first kappa shape index (κ1) is 21.4. The van der Waals surface area contributed by atoms with Gasteiger partial charge in [-0.3, -0.25) is 4.79 Å². The summed E-state index contributed by atoms with van der Waals surface area (Å²) < 4.78 is 0. The molecule has 0 aliphatic rings. The second-order valence-corrected chi connectivity index (χ2v) is 6.62. The topological polar surface area (TPSA) is 17.1 Å². The Morgan fingerprint density at radius 1 is 0.591 bits per heavy atom. The van der Waals surface area contributed by atoms with Crippen LogP contribution >= 0.6 is 0 Å². The van der Waals surface area contributed by atoms with E-state index >= 15 is 0 Å². The quantitative estimate of drug-likeness (QED) is 0.202. The van der Waals surface area contributed by atoms with Crippen molar-refractivity contribution in [2.45, 2.75) is 117 Å². The van der Waals surface area contributed by atoms with Crippen LogP contribution in [0.4, 0.5) is 0 Å². The third-order valence-electron chi connectivity index (χ3n) is 4.25. The van der Waals surface area contributed by atoms with Crippen LogP contribution in [0.1, 0.15) is 117 Å². The lowest BCUT2D eigenvalue weighted by Gasteiger charge is -2.00. The van der Waals surface area contributed by atoms with Gasteiger partial charge < -0.3 is 0 Å². The highest BCUT2D eigenvalue weighted by Gasteiger charge is 1.99. The summed E-state index contributed by atoms with van der Waals surface area (Å²) in [5.74, 6) is 0.458. The third kappa shape index (κ3) is 17.5. The smallest absolute Gasteiger partial charge is 0.132 e. The van der Waals surface area contributed by atoms with Crippen molar-refractivity contribution in [1.29, 1.82) is 0 Å². The number of rotatable bonds is 17. The van der Waals surface area contributed by atoms with Gasteiger partial charge in [-0.1, -0.05) is 77.4 Å². The molecule has 0 N–H and O–H groups in total. The molecular weight excluding hydrogens is 268 g/mol. The van der Waals surface area contributed by atoms with Crippen LogP contribution in [0.3, 0.4) is 0 Å². The van der Waals surface area contributed by atoms with E-state index in [1.807, 2.05) is 0 Å². The Kier molecular flexibility index (Phi) is 18.0. The zero-order chi connectivity index (χ0) is 16.3. The maximum absolute atomic E-state index is 11.4. The highest BCUT2D eigenvalue weighted by molar-refractivity contribution is 5.78. The normalized spacial score (nSPS) is 11.4. The number of ketones is 1. The molecule has 0 bridgehead atoms. The third-order valence-corrected chi connectivity index (χ3v) is 4.25. The van der Waals surface area contributed by atoms with Crippen LogP contribution in [0, 0.1) is 0 Å². The van der Waals surface area contributed by atoms with Gasteiger partial charge in [-0.15, -0.1) is 0 Å². The van der Waals surface area contributed by atoms with Crippen molar-refractivity contribution in [2.24, 2.45) is 0 Å². The summed E-state index contributed by atoms with van der Waals surface area (Å²) in [7, 11) is 0. The number of carbonyl (C=O) groups excluding carboxylic acids is 1. The lowest BCUT2D eigenvalue weighted by molar-refractivity contribution is -0.119. The van der Waals surface area contributed by atoms with Crippen LogP contribution in [-0.2, 0) is 4.79 Å². The molecule has 0 fully saturated rings. The summed E-state index contributed by atoms with van der Waals surface area (Å²) in [4.78, 5) is 11.4. The molecule has 1 nitrogen and oxygen atoms in total. The maximum atomic E-state index is 11.4. The van der Waals surface area contributed by atoms with Gasteiger partial charge in [0, 0.05) is 12.8 Å². The molecule has 0 aromatic heterocycles. The minimum Gasteiger partial charge on any atom is -0.300 e. The number of hydrogen-bond acceptors (Lipinski definition) is 1. The van der Waals surface area contributed by atoms with Crippen molar-refractivity contribution in [3.63, 3.8) is 0 Å². The van der Waals surface area contributed by atoms with Crippen molar-refractivity contribution in [2.75, 3.05) is 0 Å². The van der Waals surface area contributed by atoms with Crippen molar-refractivity contribution < 1.29 is 4.79 Å². The van der Waals surface area contributed by atoms with Crippen molar-refractivity contribution in [3.8, 4) is 0 Å². The van der Waals surface area contributed by atoms with Crippen LogP contribution in [0.15, 0.2) is 12.2 Å². The number of allylic oxidation sites excluding steroid dienone is 2. The summed E-state index contributed by atoms with van der Waals surface area (Å²) in [6.45, 7) is 4.35. The highest BCUT2D eigenvalue weighted by Crippen LogP contribution is 2.10. The molecular formula is C21H40O. The van der Waals surface area contributed by atoms with E-state index in [0.29, 0.717) is 5.78 Å². The van der Waals surface area contributed by atoms with Crippen LogP contribution in [-0.4, -0.2) is 5.78 Å². The largest absolute Gasteiger partial charge is 0.300 e. The average molecular weight is 309 g/mol. The maximum Gasteiger partial charge on any atom is 0.132 e. The summed E-state index contributed by atoms with van der Waals surface area (Å²) in [5.41, 5.74) is 0. The van der Waals surface area contributed by atoms with E-state index in [2.05, 4.69) is 26.0 Å². The van der Waals surface area contributed by atoms with Gasteiger partial charge in [0.05, 0.1) is 0 Å². The zero-order valence-corrected chi connectivity index (χ0v) is 15.4. The highest BCUT2D eigenvalue weighted by atomic mass is 16.1. The summed E-state index contributed by atoms with van der Waals surface area (Å²) >= 11 is 0. The molecule has 0 aromatic carbocycles. The molecule has 0 aliphatic carbocycles. The van der Waals surface area contributed by atoms with E-state index in [9.17, 15) is 4.79 Å². The van der Waals surface area contributed by atoms with Gasteiger partial charge in [-0.05, 0) is 38.5 Å². The number of unbranched alkanes of at least 4 members (excludes halogenated alkanes) is 11. The predicted octanol–water partition coefficient (Wildman–Crippen LogP) is 7.39. The first-order chi connectivity index (χ1) is 10.8. The number of hydrogen-bond donors (Lipinski definition) is 0. The molecule has 22 heavy (non-hydrogen) atoms. The van der Waals surface area contributed by atoms with Gasteiger partial charge in [0.1, 0.15) is 5.78 Å². The summed E-state index contributed by atoms with van der Waals surface area (Å²) in [6, 6.07) is 0. The van der Waals surface area contributed by atoms with E-state index in [1.54, 1.807) is 0 Å². The van der Waals surface area contributed by atoms with E-state index in [0.717, 1.165) is 25.7 Å². The fourth-order valence-electron chi connectivity index (χ4n) is 2.80. The minimum absolute atomic E-state index is 0.458. The number of carbonyl (C=O) groups is 1. The van der Waals surface area contributed by atoms with E-state index in [-0.39, 0.29) is 0 Å². The Balaban J connectivity index is 3.12. The fourth-order valence-corrected chi connectivity index (χ4v) is 2.80. The lowest BCUT2D eigenvalue weighted by atomic mass is 10.1. The zero-order valence-electron chi connectivity index (χ0n) is 15.4. The van der Waals surface area contributed by atoms with Crippen LogP contribution in [0.2, 0.25) is 0 Å². The summed E-state index contributed by atoms with van der Waals surface area (Å²) in [6.07, 6.45) is 24.5. The van der Waals surface area contributed by atoms with Crippen molar-refractivity contribution in [1.82, 2.24) is 0 Å². The average Bonchev–Trinajstić information content (AvgIpc) is 2.51. The molecule has 0 saturated carbocycles.